The van der Waals surface area contributed by atoms with E-state index in [0.717, 1.165) is 21.8 Å². The molecule has 0 fully saturated rings. The van der Waals surface area contributed by atoms with Crippen molar-refractivity contribution in [2.45, 2.75) is 0 Å². The number of aromatic nitrogens is 1. The number of phenolic OH excluding ortho intramolecular Hbond substituents is 1. The molecule has 0 spiro atoms. The van der Waals surface area contributed by atoms with Gasteiger partial charge in [0.25, 0.3) is 0 Å². The summed E-state index contributed by atoms with van der Waals surface area (Å²) in [5.41, 5.74) is 1.88. The lowest BCUT2D eigenvalue weighted by molar-refractivity contribution is 0.482. The van der Waals surface area contributed by atoms with Crippen molar-refractivity contribution in [2.75, 3.05) is 0 Å². The van der Waals surface area contributed by atoms with Crippen LogP contribution in [-0.4, -0.2) is 10.1 Å². The molecule has 0 atom stereocenters. The number of fused-ring (bicyclic) bond motifs is 3. The third-order valence-electron chi connectivity index (χ3n) is 2.43. The van der Waals surface area contributed by atoms with Crippen molar-refractivity contribution in [1.82, 2.24) is 4.98 Å². The summed E-state index contributed by atoms with van der Waals surface area (Å²) in [4.78, 5) is 3.20. The van der Waals surface area contributed by atoms with Crippen LogP contribution in [0.5, 0.6) is 5.75 Å². The normalized spacial score (nSPS) is 11.1. The quantitative estimate of drug-likeness (QED) is 0.551. The molecule has 0 amide bonds. The minimum Gasteiger partial charge on any atom is -0.507 e. The predicted molar refractivity (Wildman–Crippen MR) is 56.3 cm³/mol. The maximum Gasteiger partial charge on any atom is 0.125 e. The second-order valence-corrected chi connectivity index (χ2v) is 3.28. The van der Waals surface area contributed by atoms with Crippen LogP contribution in [-0.2, 0) is 0 Å². The first-order valence-corrected chi connectivity index (χ1v) is 4.46. The van der Waals surface area contributed by atoms with E-state index in [1.54, 1.807) is 12.1 Å². The number of hydrogen-bond donors (Lipinski definition) is 2. The van der Waals surface area contributed by atoms with Gasteiger partial charge in [-0.05, 0) is 18.2 Å². The summed E-state index contributed by atoms with van der Waals surface area (Å²) in [6.07, 6.45) is 0. The highest BCUT2D eigenvalue weighted by Gasteiger charge is 2.06. The van der Waals surface area contributed by atoms with Crippen LogP contribution in [0, 0.1) is 6.07 Å². The van der Waals surface area contributed by atoms with Gasteiger partial charge in [-0.1, -0.05) is 18.2 Å². The van der Waals surface area contributed by atoms with Gasteiger partial charge in [0.1, 0.15) is 5.75 Å². The van der Waals surface area contributed by atoms with Crippen molar-refractivity contribution in [3.63, 3.8) is 0 Å². The molecule has 0 unspecified atom stereocenters. The molecule has 14 heavy (non-hydrogen) atoms. The standard InChI is InChI=1S/C12H8NO/c14-11-7-3-6-10-12(11)8-4-1-2-5-9(8)13-10/h1-5,7,13-14H. The molecule has 1 heterocycles. The number of aromatic hydroxyl groups is 1. The molecule has 2 nitrogen and oxygen atoms in total. The number of aromatic amines is 1. The van der Waals surface area contributed by atoms with Crippen molar-refractivity contribution >= 4 is 21.8 Å². The van der Waals surface area contributed by atoms with Crippen LogP contribution in [0.25, 0.3) is 21.8 Å². The first kappa shape index (κ1) is 7.44. The Labute approximate surface area is 80.8 Å². The van der Waals surface area contributed by atoms with E-state index in [9.17, 15) is 5.11 Å². The van der Waals surface area contributed by atoms with Gasteiger partial charge in [-0.2, -0.15) is 0 Å². The molecular formula is C12H8NO. The Morgan fingerprint density at radius 1 is 1.14 bits per heavy atom. The van der Waals surface area contributed by atoms with Crippen LogP contribution < -0.4 is 0 Å². The Balaban J connectivity index is 2.65. The van der Waals surface area contributed by atoms with E-state index in [-0.39, 0.29) is 0 Å². The van der Waals surface area contributed by atoms with Crippen molar-refractivity contribution < 1.29 is 5.11 Å². The molecule has 3 aromatic rings. The van der Waals surface area contributed by atoms with E-state index in [2.05, 4.69) is 11.1 Å². The van der Waals surface area contributed by atoms with E-state index in [0.29, 0.717) is 5.75 Å². The zero-order valence-corrected chi connectivity index (χ0v) is 7.41. The summed E-state index contributed by atoms with van der Waals surface area (Å²) in [7, 11) is 0. The molecule has 1 radical (unpaired) electrons. The summed E-state index contributed by atoms with van der Waals surface area (Å²) in [5.74, 6) is 0.302. The SMILES string of the molecule is Oc1cc[c]c2[nH]c3ccccc3c12. The smallest absolute Gasteiger partial charge is 0.125 e. The lowest BCUT2D eigenvalue weighted by atomic mass is 10.1. The second-order valence-electron chi connectivity index (χ2n) is 3.28. The highest BCUT2D eigenvalue weighted by molar-refractivity contribution is 6.09. The fourth-order valence-corrected chi connectivity index (χ4v) is 1.80. The van der Waals surface area contributed by atoms with Crippen LogP contribution in [0.3, 0.4) is 0 Å². The number of para-hydroxylation sites is 1. The molecule has 0 aliphatic heterocycles. The highest BCUT2D eigenvalue weighted by Crippen LogP contribution is 2.31. The summed E-state index contributed by atoms with van der Waals surface area (Å²) in [5, 5.41) is 11.6. The summed E-state index contributed by atoms with van der Waals surface area (Å²) in [6, 6.07) is 14.3. The molecule has 67 valence electrons. The predicted octanol–water partition coefficient (Wildman–Crippen LogP) is 2.83. The van der Waals surface area contributed by atoms with Crippen molar-refractivity contribution in [1.29, 1.82) is 0 Å². The van der Waals surface area contributed by atoms with Gasteiger partial charge in [-0.3, -0.25) is 0 Å². The third kappa shape index (κ3) is 0.852. The van der Waals surface area contributed by atoms with Crippen molar-refractivity contribution in [3.8, 4) is 5.75 Å². The molecule has 1 aromatic heterocycles. The molecule has 2 aromatic carbocycles. The van der Waals surface area contributed by atoms with Gasteiger partial charge >= 0.3 is 0 Å². The summed E-state index contributed by atoms with van der Waals surface area (Å²) < 4.78 is 0. The minimum atomic E-state index is 0.302. The summed E-state index contributed by atoms with van der Waals surface area (Å²) >= 11 is 0. The average molecular weight is 182 g/mol. The maximum absolute atomic E-state index is 9.72. The van der Waals surface area contributed by atoms with Gasteiger partial charge in [0.2, 0.25) is 0 Å². The molecule has 2 N–H and O–H groups in total. The Morgan fingerprint density at radius 3 is 2.93 bits per heavy atom. The number of rotatable bonds is 0. The van der Waals surface area contributed by atoms with Crippen LogP contribution in [0.4, 0.5) is 0 Å². The van der Waals surface area contributed by atoms with Crippen LogP contribution in [0.2, 0.25) is 0 Å². The average Bonchev–Trinajstić information content (AvgIpc) is 2.57. The zero-order valence-electron chi connectivity index (χ0n) is 7.41. The maximum atomic E-state index is 9.72. The van der Waals surface area contributed by atoms with Gasteiger partial charge in [0, 0.05) is 22.4 Å². The minimum absolute atomic E-state index is 0.302. The van der Waals surface area contributed by atoms with E-state index >= 15 is 0 Å². The third-order valence-corrected chi connectivity index (χ3v) is 2.43. The molecule has 0 saturated heterocycles. The molecule has 0 bridgehead atoms. The number of benzene rings is 2. The van der Waals surface area contributed by atoms with E-state index in [1.165, 1.54) is 0 Å². The fourth-order valence-electron chi connectivity index (χ4n) is 1.80. The monoisotopic (exact) mass is 182 g/mol. The first-order valence-electron chi connectivity index (χ1n) is 4.46. The molecule has 3 rings (SSSR count). The Kier molecular flexibility index (Phi) is 1.34. The number of H-pyrrole nitrogens is 1. The second kappa shape index (κ2) is 2.51. The van der Waals surface area contributed by atoms with Gasteiger partial charge < -0.3 is 10.1 Å². The van der Waals surface area contributed by atoms with E-state index in [4.69, 9.17) is 0 Å². The van der Waals surface area contributed by atoms with Gasteiger partial charge in [-0.25, -0.2) is 0 Å². The number of phenols is 1. The van der Waals surface area contributed by atoms with E-state index < -0.39 is 0 Å². The lowest BCUT2D eigenvalue weighted by Crippen LogP contribution is -1.68. The van der Waals surface area contributed by atoms with Crippen LogP contribution in [0.15, 0.2) is 36.4 Å². The van der Waals surface area contributed by atoms with Gasteiger partial charge in [0.05, 0.1) is 5.52 Å². The van der Waals surface area contributed by atoms with E-state index in [1.807, 2.05) is 24.3 Å². The fraction of sp³-hybridized carbons (Fsp3) is 0. The van der Waals surface area contributed by atoms with Gasteiger partial charge in [-0.15, -0.1) is 0 Å². The Hall–Kier alpha value is -1.96. The number of hydrogen-bond acceptors (Lipinski definition) is 1. The molecule has 0 aliphatic rings. The summed E-state index contributed by atoms with van der Waals surface area (Å²) in [6.45, 7) is 0. The molecule has 0 saturated carbocycles. The topological polar surface area (TPSA) is 36.0 Å². The van der Waals surface area contributed by atoms with Gasteiger partial charge in [0.15, 0.2) is 0 Å². The molecular weight excluding hydrogens is 174 g/mol. The van der Waals surface area contributed by atoms with Crippen LogP contribution >= 0.6 is 0 Å². The zero-order chi connectivity index (χ0) is 9.54. The number of nitrogens with one attached hydrogen (secondary N) is 1. The van der Waals surface area contributed by atoms with Crippen LogP contribution in [0.1, 0.15) is 0 Å². The largest absolute Gasteiger partial charge is 0.507 e. The lowest BCUT2D eigenvalue weighted by Gasteiger charge is -1.93. The Bertz CT molecular complexity index is 610. The first-order chi connectivity index (χ1) is 6.86. The molecule has 2 heteroatoms. The van der Waals surface area contributed by atoms with Crippen molar-refractivity contribution in [3.05, 3.63) is 42.5 Å². The Morgan fingerprint density at radius 2 is 2.00 bits per heavy atom. The van der Waals surface area contributed by atoms with Crippen molar-refractivity contribution in [2.24, 2.45) is 0 Å². The molecule has 0 aliphatic carbocycles. The highest BCUT2D eigenvalue weighted by atomic mass is 16.3.